The van der Waals surface area contributed by atoms with Crippen LogP contribution in [0.5, 0.6) is 0 Å². The van der Waals surface area contributed by atoms with Gasteiger partial charge in [0.25, 0.3) is 0 Å². The molecule has 0 aromatic heterocycles. The van der Waals surface area contributed by atoms with E-state index in [1.54, 1.807) is 0 Å². The maximum Gasteiger partial charge on any atom is 0.0710 e. The molecule has 1 aromatic carbocycles. The molecular weight excluding hydrogens is 268 g/mol. The molecule has 0 bridgehead atoms. The Morgan fingerprint density at radius 1 is 0.818 bits per heavy atom. The lowest BCUT2D eigenvalue weighted by Crippen LogP contribution is -2.43. The number of hydrogen-bond acceptors (Lipinski definition) is 2. The molecule has 2 heteroatoms. The summed E-state index contributed by atoms with van der Waals surface area (Å²) in [6.45, 7) is 9.29. The second-order valence-electron chi connectivity index (χ2n) is 6.71. The molecule has 0 atom stereocenters. The van der Waals surface area contributed by atoms with Crippen molar-refractivity contribution in [2.45, 2.75) is 71.8 Å². The van der Waals surface area contributed by atoms with Gasteiger partial charge in [-0.1, -0.05) is 70.6 Å². The van der Waals surface area contributed by atoms with Gasteiger partial charge in [0.1, 0.15) is 0 Å². The highest BCUT2D eigenvalue weighted by Crippen LogP contribution is 2.27. The molecule has 0 spiro atoms. The molecule has 2 nitrogen and oxygen atoms in total. The van der Waals surface area contributed by atoms with Gasteiger partial charge in [0.2, 0.25) is 0 Å². The molecule has 0 amide bonds. The highest BCUT2D eigenvalue weighted by atomic mass is 15.3. The molecule has 0 radical (unpaired) electrons. The van der Waals surface area contributed by atoms with E-state index in [1.807, 2.05) is 0 Å². The highest BCUT2D eigenvalue weighted by molar-refractivity contribution is 5.54. The minimum Gasteiger partial charge on any atom is -0.358 e. The van der Waals surface area contributed by atoms with Crippen molar-refractivity contribution in [3.63, 3.8) is 0 Å². The largest absolute Gasteiger partial charge is 0.358 e. The van der Waals surface area contributed by atoms with Gasteiger partial charge in [0, 0.05) is 25.3 Å². The van der Waals surface area contributed by atoms with Gasteiger partial charge in [-0.15, -0.1) is 0 Å². The maximum absolute atomic E-state index is 2.64. The first-order valence-corrected chi connectivity index (χ1v) is 9.40. The predicted octanol–water partition coefficient (Wildman–Crippen LogP) is 5.43. The quantitative estimate of drug-likeness (QED) is 0.532. The first-order valence-electron chi connectivity index (χ1n) is 9.40. The maximum atomic E-state index is 2.64. The van der Waals surface area contributed by atoms with E-state index in [4.69, 9.17) is 0 Å². The Morgan fingerprint density at radius 3 is 2.23 bits per heavy atom. The predicted molar refractivity (Wildman–Crippen MR) is 97.3 cm³/mol. The van der Waals surface area contributed by atoms with Crippen molar-refractivity contribution in [1.29, 1.82) is 0 Å². The van der Waals surface area contributed by atoms with Gasteiger partial charge in [-0.25, -0.2) is 0 Å². The van der Waals surface area contributed by atoms with Crippen LogP contribution >= 0.6 is 0 Å². The van der Waals surface area contributed by atoms with E-state index in [0.717, 1.165) is 13.2 Å². The Bertz CT molecular complexity index is 416. The Labute approximate surface area is 137 Å². The molecular formula is C20H34N2. The van der Waals surface area contributed by atoms with E-state index in [-0.39, 0.29) is 0 Å². The van der Waals surface area contributed by atoms with Gasteiger partial charge in [0.05, 0.1) is 6.67 Å². The van der Waals surface area contributed by atoms with Crippen molar-refractivity contribution in [3.8, 4) is 0 Å². The van der Waals surface area contributed by atoms with E-state index in [2.05, 4.69) is 47.9 Å². The lowest BCUT2D eigenvalue weighted by Gasteiger charge is -2.38. The molecule has 2 rings (SSSR count). The van der Waals surface area contributed by atoms with Crippen molar-refractivity contribution in [2.24, 2.45) is 0 Å². The monoisotopic (exact) mass is 302 g/mol. The molecule has 0 N–H and O–H groups in total. The van der Waals surface area contributed by atoms with Crippen LogP contribution in [0.3, 0.4) is 0 Å². The van der Waals surface area contributed by atoms with Crippen molar-refractivity contribution < 1.29 is 0 Å². The molecule has 1 heterocycles. The van der Waals surface area contributed by atoms with Gasteiger partial charge < -0.3 is 4.90 Å². The third kappa shape index (κ3) is 5.31. The molecule has 0 unspecified atom stereocenters. The second kappa shape index (κ2) is 9.89. The Balaban J connectivity index is 1.89. The standard InChI is InChI=1S/C20H34N2/c1-3-5-7-11-15-21-17-19-13-9-10-14-20(19)22(18-21)16-12-8-6-4-2/h9-10,13-14H,3-8,11-12,15-18H2,1-2H3. The summed E-state index contributed by atoms with van der Waals surface area (Å²) in [7, 11) is 0. The molecule has 1 aromatic rings. The van der Waals surface area contributed by atoms with Crippen LogP contribution in [-0.2, 0) is 6.54 Å². The Hall–Kier alpha value is -1.02. The number of fused-ring (bicyclic) bond motifs is 1. The summed E-state index contributed by atoms with van der Waals surface area (Å²) in [5, 5.41) is 0. The first kappa shape index (κ1) is 17.3. The third-order valence-corrected chi connectivity index (χ3v) is 4.71. The number of unbranched alkanes of at least 4 members (excludes halogenated alkanes) is 6. The highest BCUT2D eigenvalue weighted by Gasteiger charge is 2.21. The van der Waals surface area contributed by atoms with E-state index in [1.165, 1.54) is 75.7 Å². The van der Waals surface area contributed by atoms with Crippen molar-refractivity contribution >= 4 is 5.69 Å². The van der Waals surface area contributed by atoms with E-state index >= 15 is 0 Å². The topological polar surface area (TPSA) is 6.48 Å². The summed E-state index contributed by atoms with van der Waals surface area (Å²) in [6.07, 6.45) is 10.8. The van der Waals surface area contributed by atoms with Crippen molar-refractivity contribution in [1.82, 2.24) is 4.90 Å². The molecule has 22 heavy (non-hydrogen) atoms. The summed E-state index contributed by atoms with van der Waals surface area (Å²) in [5.74, 6) is 0. The van der Waals surface area contributed by atoms with Crippen LogP contribution in [0.2, 0.25) is 0 Å². The zero-order chi connectivity index (χ0) is 15.6. The van der Waals surface area contributed by atoms with E-state index in [0.29, 0.717) is 0 Å². The van der Waals surface area contributed by atoms with Gasteiger partial charge in [-0.05, 0) is 24.5 Å². The summed E-state index contributed by atoms with van der Waals surface area (Å²) in [4.78, 5) is 5.24. The summed E-state index contributed by atoms with van der Waals surface area (Å²) in [5.41, 5.74) is 2.99. The van der Waals surface area contributed by atoms with Crippen LogP contribution in [0.25, 0.3) is 0 Å². The molecule has 1 aliphatic rings. The summed E-state index contributed by atoms with van der Waals surface area (Å²) >= 11 is 0. The number of benzene rings is 1. The smallest absolute Gasteiger partial charge is 0.0710 e. The fourth-order valence-electron chi connectivity index (χ4n) is 3.39. The van der Waals surface area contributed by atoms with E-state index in [9.17, 15) is 0 Å². The normalized spacial score (nSPS) is 15.1. The molecule has 0 saturated heterocycles. The average molecular weight is 303 g/mol. The van der Waals surface area contributed by atoms with Crippen LogP contribution in [0.1, 0.15) is 70.8 Å². The zero-order valence-corrected chi connectivity index (χ0v) is 14.7. The molecule has 0 saturated carbocycles. The minimum absolute atomic E-state index is 1.12. The van der Waals surface area contributed by atoms with Crippen molar-refractivity contribution in [2.75, 3.05) is 24.7 Å². The fraction of sp³-hybridized carbons (Fsp3) is 0.700. The van der Waals surface area contributed by atoms with Crippen LogP contribution < -0.4 is 4.90 Å². The molecule has 0 fully saturated rings. The molecule has 0 aliphatic carbocycles. The summed E-state index contributed by atoms with van der Waals surface area (Å²) in [6, 6.07) is 9.00. The Kier molecular flexibility index (Phi) is 7.79. The van der Waals surface area contributed by atoms with Gasteiger partial charge in [-0.2, -0.15) is 0 Å². The minimum atomic E-state index is 1.12. The number of anilines is 1. The zero-order valence-electron chi connectivity index (χ0n) is 14.7. The second-order valence-corrected chi connectivity index (χ2v) is 6.71. The van der Waals surface area contributed by atoms with Gasteiger partial charge in [-0.3, -0.25) is 4.90 Å². The van der Waals surface area contributed by atoms with Crippen LogP contribution in [0.4, 0.5) is 5.69 Å². The van der Waals surface area contributed by atoms with Crippen molar-refractivity contribution in [3.05, 3.63) is 29.8 Å². The lowest BCUT2D eigenvalue weighted by molar-refractivity contribution is 0.245. The van der Waals surface area contributed by atoms with Gasteiger partial charge >= 0.3 is 0 Å². The third-order valence-electron chi connectivity index (χ3n) is 4.71. The van der Waals surface area contributed by atoms with Gasteiger partial charge in [0.15, 0.2) is 0 Å². The average Bonchev–Trinajstić information content (AvgIpc) is 2.55. The number of para-hydroxylation sites is 1. The molecule has 1 aliphatic heterocycles. The van der Waals surface area contributed by atoms with E-state index < -0.39 is 0 Å². The summed E-state index contributed by atoms with van der Waals surface area (Å²) < 4.78 is 0. The van der Waals surface area contributed by atoms with Crippen LogP contribution in [0.15, 0.2) is 24.3 Å². The first-order chi connectivity index (χ1) is 10.8. The number of nitrogens with zero attached hydrogens (tertiary/aromatic N) is 2. The molecule has 124 valence electrons. The Morgan fingerprint density at radius 2 is 1.50 bits per heavy atom. The number of hydrogen-bond donors (Lipinski definition) is 0. The fourth-order valence-corrected chi connectivity index (χ4v) is 3.39. The SMILES string of the molecule is CCCCCCN1Cc2ccccc2N(CCCCCC)C1. The van der Waals surface area contributed by atoms with Crippen LogP contribution in [-0.4, -0.2) is 24.7 Å². The van der Waals surface area contributed by atoms with Crippen LogP contribution in [0, 0.1) is 0 Å². The number of rotatable bonds is 10. The lowest BCUT2D eigenvalue weighted by atomic mass is 10.1.